The lowest BCUT2D eigenvalue weighted by Gasteiger charge is -2.09. The first-order valence-corrected chi connectivity index (χ1v) is 6.93. The molecule has 0 unspecified atom stereocenters. The van der Waals surface area contributed by atoms with Crippen LogP contribution < -0.4 is 0 Å². The molecule has 0 N–H and O–H groups in total. The second kappa shape index (κ2) is 4.75. The predicted molar refractivity (Wildman–Crippen MR) is 77.5 cm³/mol. The molecular formula is C16H24N2. The van der Waals surface area contributed by atoms with Gasteiger partial charge >= 0.3 is 0 Å². The molecule has 0 saturated heterocycles. The fourth-order valence-electron chi connectivity index (χ4n) is 2.34. The van der Waals surface area contributed by atoms with Gasteiger partial charge in [-0.05, 0) is 29.5 Å². The molecule has 0 aliphatic carbocycles. The van der Waals surface area contributed by atoms with Crippen molar-refractivity contribution in [3.63, 3.8) is 0 Å². The first-order chi connectivity index (χ1) is 8.41. The van der Waals surface area contributed by atoms with E-state index in [1.54, 1.807) is 0 Å². The molecule has 0 amide bonds. The molecule has 2 heterocycles. The third kappa shape index (κ3) is 2.16. The van der Waals surface area contributed by atoms with E-state index in [2.05, 4.69) is 64.3 Å². The van der Waals surface area contributed by atoms with Gasteiger partial charge in [-0.2, -0.15) is 0 Å². The molecule has 2 heteroatoms. The first kappa shape index (κ1) is 13.1. The van der Waals surface area contributed by atoms with Gasteiger partial charge in [-0.1, -0.05) is 41.5 Å². The van der Waals surface area contributed by atoms with Gasteiger partial charge in [-0.3, -0.25) is 0 Å². The summed E-state index contributed by atoms with van der Waals surface area (Å²) in [7, 11) is 0. The maximum Gasteiger partial charge on any atom is 0.116 e. The highest BCUT2D eigenvalue weighted by molar-refractivity contribution is 5.57. The van der Waals surface area contributed by atoms with Gasteiger partial charge in [0, 0.05) is 12.1 Å². The minimum Gasteiger partial charge on any atom is -0.303 e. The summed E-state index contributed by atoms with van der Waals surface area (Å²) in [6, 6.07) is 4.52. The number of nitrogens with zero attached hydrogens (tertiary/aromatic N) is 2. The molecule has 18 heavy (non-hydrogen) atoms. The molecule has 0 aliphatic rings. The molecule has 2 nitrogen and oxygen atoms in total. The van der Waals surface area contributed by atoms with Crippen LogP contribution in [0.3, 0.4) is 0 Å². The minimum absolute atomic E-state index is 0.454. The number of hydrogen-bond donors (Lipinski definition) is 0. The van der Waals surface area contributed by atoms with Gasteiger partial charge in [0.25, 0.3) is 0 Å². The van der Waals surface area contributed by atoms with Crippen LogP contribution in [-0.4, -0.2) is 9.38 Å². The molecule has 0 saturated carbocycles. The van der Waals surface area contributed by atoms with E-state index in [9.17, 15) is 0 Å². The highest BCUT2D eigenvalue weighted by Gasteiger charge is 2.16. The number of pyridine rings is 1. The highest BCUT2D eigenvalue weighted by Crippen LogP contribution is 2.27. The molecule has 0 aromatic carbocycles. The Morgan fingerprint density at radius 2 is 1.61 bits per heavy atom. The van der Waals surface area contributed by atoms with E-state index in [0.29, 0.717) is 17.8 Å². The lowest BCUT2D eigenvalue weighted by Crippen LogP contribution is -1.97. The Bertz CT molecular complexity index is 547. The van der Waals surface area contributed by atoms with Crippen LogP contribution >= 0.6 is 0 Å². The van der Waals surface area contributed by atoms with Crippen molar-refractivity contribution >= 4 is 5.52 Å². The van der Waals surface area contributed by atoms with Gasteiger partial charge in [0.2, 0.25) is 0 Å². The first-order valence-electron chi connectivity index (χ1n) is 6.93. The van der Waals surface area contributed by atoms with Crippen LogP contribution in [-0.2, 0) is 0 Å². The third-order valence-corrected chi connectivity index (χ3v) is 3.45. The Hall–Kier alpha value is -1.31. The predicted octanol–water partition coefficient (Wildman–Crippen LogP) is 4.70. The van der Waals surface area contributed by atoms with Crippen molar-refractivity contribution in [2.45, 2.75) is 59.3 Å². The van der Waals surface area contributed by atoms with Gasteiger partial charge in [-0.15, -0.1) is 0 Å². The van der Waals surface area contributed by atoms with E-state index in [-0.39, 0.29) is 0 Å². The van der Waals surface area contributed by atoms with E-state index in [1.165, 1.54) is 22.6 Å². The topological polar surface area (TPSA) is 17.3 Å². The molecule has 98 valence electrons. The standard InChI is InChI=1S/C16H24N2/c1-10(2)13-7-8-18-14(9-13)15(11(3)4)17-16(18)12(5)6/h7-12H,1-6H3. The van der Waals surface area contributed by atoms with Crippen LogP contribution in [0, 0.1) is 0 Å². The van der Waals surface area contributed by atoms with Crippen LogP contribution in [0.1, 0.15) is 76.4 Å². The zero-order valence-corrected chi connectivity index (χ0v) is 12.4. The maximum atomic E-state index is 4.85. The SMILES string of the molecule is CC(C)c1ccn2c(C(C)C)nc(C(C)C)c2c1. The van der Waals surface area contributed by atoms with E-state index >= 15 is 0 Å². The van der Waals surface area contributed by atoms with Gasteiger partial charge in [0.15, 0.2) is 0 Å². The van der Waals surface area contributed by atoms with Crippen molar-refractivity contribution in [3.05, 3.63) is 35.4 Å². The molecule has 0 radical (unpaired) electrons. The Kier molecular flexibility index (Phi) is 3.47. The Morgan fingerprint density at radius 3 is 2.11 bits per heavy atom. The van der Waals surface area contributed by atoms with E-state index in [1.807, 2.05) is 0 Å². The van der Waals surface area contributed by atoms with Gasteiger partial charge in [0.1, 0.15) is 5.82 Å². The summed E-state index contributed by atoms with van der Waals surface area (Å²) in [4.78, 5) is 4.85. The summed E-state index contributed by atoms with van der Waals surface area (Å²) >= 11 is 0. The fourth-order valence-corrected chi connectivity index (χ4v) is 2.34. The van der Waals surface area contributed by atoms with Crippen molar-refractivity contribution in [1.82, 2.24) is 9.38 Å². The number of imidazole rings is 1. The monoisotopic (exact) mass is 244 g/mol. The summed E-state index contributed by atoms with van der Waals surface area (Å²) in [5.74, 6) is 2.65. The van der Waals surface area contributed by atoms with Crippen LogP contribution in [0.15, 0.2) is 18.3 Å². The van der Waals surface area contributed by atoms with Crippen molar-refractivity contribution < 1.29 is 0 Å². The zero-order chi connectivity index (χ0) is 13.4. The van der Waals surface area contributed by atoms with E-state index < -0.39 is 0 Å². The summed E-state index contributed by atoms with van der Waals surface area (Å²) in [6.07, 6.45) is 2.18. The zero-order valence-electron chi connectivity index (χ0n) is 12.4. The van der Waals surface area contributed by atoms with Crippen LogP contribution in [0.5, 0.6) is 0 Å². The highest BCUT2D eigenvalue weighted by atomic mass is 15.0. The smallest absolute Gasteiger partial charge is 0.116 e. The summed E-state index contributed by atoms with van der Waals surface area (Å²) < 4.78 is 2.26. The molecule has 2 rings (SSSR count). The van der Waals surface area contributed by atoms with Gasteiger partial charge in [-0.25, -0.2) is 4.98 Å². The average molecular weight is 244 g/mol. The molecule has 0 aliphatic heterocycles. The molecule has 2 aromatic heterocycles. The Labute approximate surface area is 110 Å². The normalized spacial score (nSPS) is 12.3. The van der Waals surface area contributed by atoms with Crippen LogP contribution in [0.2, 0.25) is 0 Å². The summed E-state index contributed by atoms with van der Waals surface area (Å²) in [5, 5.41) is 0. The van der Waals surface area contributed by atoms with E-state index in [0.717, 1.165) is 0 Å². The second-order valence-electron chi connectivity index (χ2n) is 6.03. The van der Waals surface area contributed by atoms with Crippen molar-refractivity contribution in [2.75, 3.05) is 0 Å². The van der Waals surface area contributed by atoms with Gasteiger partial charge in [0.05, 0.1) is 11.2 Å². The maximum absolute atomic E-state index is 4.85. The molecular weight excluding hydrogens is 220 g/mol. The largest absolute Gasteiger partial charge is 0.303 e. The number of aromatic nitrogens is 2. The van der Waals surface area contributed by atoms with Crippen LogP contribution in [0.4, 0.5) is 0 Å². The quantitative estimate of drug-likeness (QED) is 0.764. The molecule has 0 fully saturated rings. The number of fused-ring (bicyclic) bond motifs is 1. The minimum atomic E-state index is 0.454. The lowest BCUT2D eigenvalue weighted by molar-refractivity contribution is 0.753. The number of rotatable bonds is 3. The summed E-state index contributed by atoms with van der Waals surface area (Å²) in [6.45, 7) is 13.3. The average Bonchev–Trinajstić information content (AvgIpc) is 2.67. The Balaban J connectivity index is 2.71. The molecule has 0 bridgehead atoms. The fraction of sp³-hybridized carbons (Fsp3) is 0.562. The van der Waals surface area contributed by atoms with Crippen molar-refractivity contribution in [2.24, 2.45) is 0 Å². The van der Waals surface area contributed by atoms with Crippen molar-refractivity contribution in [3.8, 4) is 0 Å². The molecule has 0 atom stereocenters. The van der Waals surface area contributed by atoms with Crippen molar-refractivity contribution in [1.29, 1.82) is 0 Å². The second-order valence-corrected chi connectivity index (χ2v) is 6.03. The molecule has 0 spiro atoms. The molecule has 2 aromatic rings. The third-order valence-electron chi connectivity index (χ3n) is 3.45. The number of hydrogen-bond acceptors (Lipinski definition) is 1. The Morgan fingerprint density at radius 1 is 0.944 bits per heavy atom. The lowest BCUT2D eigenvalue weighted by atomic mass is 10.0. The van der Waals surface area contributed by atoms with Crippen LogP contribution in [0.25, 0.3) is 5.52 Å². The van der Waals surface area contributed by atoms with Gasteiger partial charge < -0.3 is 4.40 Å². The van der Waals surface area contributed by atoms with E-state index in [4.69, 9.17) is 4.98 Å². The summed E-state index contributed by atoms with van der Waals surface area (Å²) in [5.41, 5.74) is 3.89.